The molecule has 0 bridgehead atoms. The van der Waals surface area contributed by atoms with Crippen molar-refractivity contribution in [3.63, 3.8) is 0 Å². The number of halogens is 1. The Balaban J connectivity index is 1.62. The highest BCUT2D eigenvalue weighted by Crippen LogP contribution is 2.21. The first-order chi connectivity index (χ1) is 15.0. The monoisotopic (exact) mass is 428 g/mol. The molecular weight excluding hydrogens is 408 g/mol. The molecule has 0 aliphatic rings. The van der Waals surface area contributed by atoms with Gasteiger partial charge in [-0.05, 0) is 43.7 Å². The van der Waals surface area contributed by atoms with Crippen LogP contribution < -0.4 is 10.7 Å². The molecule has 0 amide bonds. The van der Waals surface area contributed by atoms with Crippen LogP contribution >= 0.6 is 11.6 Å². The summed E-state index contributed by atoms with van der Waals surface area (Å²) in [4.78, 5) is 13.5. The molecule has 0 spiro atoms. The van der Waals surface area contributed by atoms with Gasteiger partial charge in [0.2, 0.25) is 11.9 Å². The Hall–Kier alpha value is -3.77. The highest BCUT2D eigenvalue weighted by Gasteiger charge is 2.09. The average molecular weight is 429 g/mol. The number of anilines is 3. The molecule has 1 heterocycles. The van der Waals surface area contributed by atoms with Crippen LogP contribution in [0.2, 0.25) is 5.02 Å². The summed E-state index contributed by atoms with van der Waals surface area (Å²) in [7, 11) is 0. The zero-order chi connectivity index (χ0) is 21.6. The molecule has 4 rings (SSSR count). The van der Waals surface area contributed by atoms with E-state index in [2.05, 4.69) is 30.8 Å². The summed E-state index contributed by atoms with van der Waals surface area (Å²) in [5.74, 6) is 1.28. The van der Waals surface area contributed by atoms with Gasteiger partial charge in [-0.15, -0.1) is 0 Å². The third-order valence-electron chi connectivity index (χ3n) is 4.50. The highest BCUT2D eigenvalue weighted by atomic mass is 35.5. The van der Waals surface area contributed by atoms with E-state index in [0.717, 1.165) is 16.8 Å². The maximum atomic E-state index is 5.98. The molecule has 4 aromatic rings. The molecule has 6 nitrogen and oxygen atoms in total. The first-order valence-electron chi connectivity index (χ1n) is 9.77. The topological polar surface area (TPSA) is 75.1 Å². The number of aryl methyl sites for hydroxylation is 2. The van der Waals surface area contributed by atoms with Crippen LogP contribution in [0.15, 0.2) is 77.9 Å². The molecule has 0 unspecified atom stereocenters. The smallest absolute Gasteiger partial charge is 0.248 e. The van der Waals surface area contributed by atoms with Crippen LogP contribution in [0.25, 0.3) is 11.4 Å². The van der Waals surface area contributed by atoms with Gasteiger partial charge in [0.05, 0.1) is 6.21 Å². The number of rotatable bonds is 6. The van der Waals surface area contributed by atoms with E-state index in [0.29, 0.717) is 22.7 Å². The van der Waals surface area contributed by atoms with Crippen molar-refractivity contribution >= 4 is 35.4 Å². The molecule has 0 radical (unpaired) electrons. The van der Waals surface area contributed by atoms with E-state index in [9.17, 15) is 0 Å². The number of aromatic nitrogens is 3. The van der Waals surface area contributed by atoms with Gasteiger partial charge in [0.25, 0.3) is 0 Å². The van der Waals surface area contributed by atoms with Crippen molar-refractivity contribution < 1.29 is 0 Å². The van der Waals surface area contributed by atoms with E-state index in [1.54, 1.807) is 18.3 Å². The van der Waals surface area contributed by atoms with Crippen LogP contribution in [0.1, 0.15) is 16.7 Å². The lowest BCUT2D eigenvalue weighted by molar-refractivity contribution is 1.04. The maximum Gasteiger partial charge on any atom is 0.248 e. The van der Waals surface area contributed by atoms with E-state index in [4.69, 9.17) is 11.6 Å². The van der Waals surface area contributed by atoms with Crippen molar-refractivity contribution in [3.05, 3.63) is 94.5 Å². The number of hydrogen-bond acceptors (Lipinski definition) is 6. The molecule has 0 saturated carbocycles. The van der Waals surface area contributed by atoms with Gasteiger partial charge in [-0.3, -0.25) is 0 Å². The van der Waals surface area contributed by atoms with Crippen LogP contribution in [-0.2, 0) is 0 Å². The molecule has 0 aliphatic heterocycles. The van der Waals surface area contributed by atoms with Gasteiger partial charge < -0.3 is 5.32 Å². The summed E-state index contributed by atoms with van der Waals surface area (Å²) in [6.45, 7) is 4.09. The van der Waals surface area contributed by atoms with Crippen LogP contribution in [0.3, 0.4) is 0 Å². The van der Waals surface area contributed by atoms with E-state index >= 15 is 0 Å². The Labute approximate surface area is 186 Å². The van der Waals surface area contributed by atoms with Gasteiger partial charge >= 0.3 is 0 Å². The zero-order valence-corrected chi connectivity index (χ0v) is 17.9. The molecule has 0 fully saturated rings. The lowest BCUT2D eigenvalue weighted by Gasteiger charge is -2.09. The van der Waals surface area contributed by atoms with Gasteiger partial charge in [-0.2, -0.15) is 20.1 Å². The van der Waals surface area contributed by atoms with Crippen molar-refractivity contribution in [3.8, 4) is 11.4 Å². The Morgan fingerprint density at radius 3 is 2.03 bits per heavy atom. The lowest BCUT2D eigenvalue weighted by Crippen LogP contribution is -2.05. The molecule has 1 aromatic heterocycles. The minimum Gasteiger partial charge on any atom is -0.324 e. The second-order valence-electron chi connectivity index (χ2n) is 7.08. The molecule has 0 atom stereocenters. The SMILES string of the molecule is Cc1ccc(/C=N/Nc2nc(Nc3ccc(Cl)cc3)nc(-c3ccc(C)cc3)n2)cc1. The van der Waals surface area contributed by atoms with Crippen LogP contribution in [0.4, 0.5) is 17.6 Å². The first kappa shape index (κ1) is 20.5. The quantitative estimate of drug-likeness (QED) is 0.291. The van der Waals surface area contributed by atoms with Gasteiger partial charge in [0, 0.05) is 16.3 Å². The fourth-order valence-corrected chi connectivity index (χ4v) is 2.92. The number of benzene rings is 3. The van der Waals surface area contributed by atoms with E-state index in [1.807, 2.05) is 74.5 Å². The average Bonchev–Trinajstić information content (AvgIpc) is 2.77. The lowest BCUT2D eigenvalue weighted by atomic mass is 10.1. The molecule has 0 aliphatic carbocycles. The normalized spacial score (nSPS) is 10.9. The third-order valence-corrected chi connectivity index (χ3v) is 4.75. The van der Waals surface area contributed by atoms with Crippen molar-refractivity contribution in [1.82, 2.24) is 15.0 Å². The fraction of sp³-hybridized carbons (Fsp3) is 0.0833. The fourth-order valence-electron chi connectivity index (χ4n) is 2.79. The van der Waals surface area contributed by atoms with Crippen molar-refractivity contribution in [2.75, 3.05) is 10.7 Å². The number of nitrogens with zero attached hydrogens (tertiary/aromatic N) is 4. The summed E-state index contributed by atoms with van der Waals surface area (Å²) in [6, 6.07) is 23.4. The van der Waals surface area contributed by atoms with E-state index in [1.165, 1.54) is 11.1 Å². The van der Waals surface area contributed by atoms with Crippen LogP contribution in [0, 0.1) is 13.8 Å². The molecular formula is C24H21ClN6. The number of nitrogens with one attached hydrogen (secondary N) is 2. The van der Waals surface area contributed by atoms with Crippen LogP contribution in [-0.4, -0.2) is 21.2 Å². The minimum atomic E-state index is 0.338. The second kappa shape index (κ2) is 9.36. The summed E-state index contributed by atoms with van der Waals surface area (Å²) in [5, 5.41) is 8.13. The Kier molecular flexibility index (Phi) is 6.19. The summed E-state index contributed by atoms with van der Waals surface area (Å²) in [5.41, 5.74) is 7.96. The Morgan fingerprint density at radius 1 is 0.742 bits per heavy atom. The van der Waals surface area contributed by atoms with Crippen molar-refractivity contribution in [1.29, 1.82) is 0 Å². The van der Waals surface area contributed by atoms with Gasteiger partial charge in [0.15, 0.2) is 5.82 Å². The van der Waals surface area contributed by atoms with Crippen LogP contribution in [0.5, 0.6) is 0 Å². The molecule has 0 saturated heterocycles. The summed E-state index contributed by atoms with van der Waals surface area (Å²) < 4.78 is 0. The van der Waals surface area contributed by atoms with Gasteiger partial charge in [-0.1, -0.05) is 71.3 Å². The number of hydrogen-bond donors (Lipinski definition) is 2. The standard InChI is InChI=1S/C24H21ClN6/c1-16-3-7-18(8-4-16)15-26-31-24-29-22(19-9-5-17(2)6-10-19)28-23(30-24)27-21-13-11-20(25)12-14-21/h3-15H,1-2H3,(H2,27,28,29,30,31)/b26-15+. The molecule has 2 N–H and O–H groups in total. The second-order valence-corrected chi connectivity index (χ2v) is 7.52. The summed E-state index contributed by atoms with van der Waals surface area (Å²) >= 11 is 5.98. The van der Waals surface area contributed by atoms with Crippen molar-refractivity contribution in [2.45, 2.75) is 13.8 Å². The Bertz CT molecular complexity index is 1190. The molecule has 31 heavy (non-hydrogen) atoms. The maximum absolute atomic E-state index is 5.98. The predicted octanol–water partition coefficient (Wildman–Crippen LogP) is 6.00. The van der Waals surface area contributed by atoms with E-state index in [-0.39, 0.29) is 0 Å². The molecule has 7 heteroatoms. The predicted molar refractivity (Wildman–Crippen MR) is 127 cm³/mol. The third kappa shape index (κ3) is 5.65. The molecule has 3 aromatic carbocycles. The largest absolute Gasteiger partial charge is 0.324 e. The molecule has 154 valence electrons. The van der Waals surface area contributed by atoms with Crippen molar-refractivity contribution in [2.24, 2.45) is 5.10 Å². The minimum absolute atomic E-state index is 0.338. The van der Waals surface area contributed by atoms with Gasteiger partial charge in [-0.25, -0.2) is 5.43 Å². The zero-order valence-electron chi connectivity index (χ0n) is 17.2. The van der Waals surface area contributed by atoms with Gasteiger partial charge in [0.1, 0.15) is 0 Å². The first-order valence-corrected chi connectivity index (χ1v) is 10.1. The summed E-state index contributed by atoms with van der Waals surface area (Å²) in [6.07, 6.45) is 1.72. The Morgan fingerprint density at radius 2 is 1.35 bits per heavy atom. The van der Waals surface area contributed by atoms with E-state index < -0.39 is 0 Å². The number of hydrazone groups is 1. The highest BCUT2D eigenvalue weighted by molar-refractivity contribution is 6.30.